The third-order valence-electron chi connectivity index (χ3n) is 3.39. The summed E-state index contributed by atoms with van der Waals surface area (Å²) in [7, 11) is 0. The molecule has 0 N–H and O–H groups in total. The summed E-state index contributed by atoms with van der Waals surface area (Å²) in [5, 5.41) is 0. The summed E-state index contributed by atoms with van der Waals surface area (Å²) >= 11 is 0. The quantitative estimate of drug-likeness (QED) is 0.759. The Kier molecular flexibility index (Phi) is 4.83. The van der Waals surface area contributed by atoms with Crippen molar-refractivity contribution in [2.75, 3.05) is 22.9 Å². The first-order chi connectivity index (χ1) is 9.77. The van der Waals surface area contributed by atoms with Crippen LogP contribution >= 0.6 is 0 Å². The highest BCUT2D eigenvalue weighted by atomic mass is 15.3. The fourth-order valence-electron chi connectivity index (χ4n) is 2.39. The molecule has 0 aromatic heterocycles. The van der Waals surface area contributed by atoms with Crippen LogP contribution in [0, 0.1) is 0 Å². The van der Waals surface area contributed by atoms with Gasteiger partial charge in [-0.3, -0.25) is 0 Å². The van der Waals surface area contributed by atoms with Gasteiger partial charge in [0.1, 0.15) is 5.82 Å². The van der Waals surface area contributed by atoms with Gasteiger partial charge in [0, 0.05) is 24.5 Å². The number of hydrogen-bond acceptors (Lipinski definition) is 2. The van der Waals surface area contributed by atoms with Gasteiger partial charge in [-0.2, -0.15) is 0 Å². The predicted molar refractivity (Wildman–Crippen MR) is 88.1 cm³/mol. The normalized spacial score (nSPS) is 10.1. The first kappa shape index (κ1) is 14.2. The van der Waals surface area contributed by atoms with Crippen molar-refractivity contribution in [2.45, 2.75) is 13.8 Å². The van der Waals surface area contributed by atoms with Gasteiger partial charge in [-0.1, -0.05) is 43.0 Å². The van der Waals surface area contributed by atoms with Gasteiger partial charge in [-0.25, -0.2) is 0 Å². The van der Waals surface area contributed by atoms with Gasteiger partial charge < -0.3 is 9.80 Å². The van der Waals surface area contributed by atoms with Crippen molar-refractivity contribution >= 4 is 11.4 Å². The van der Waals surface area contributed by atoms with E-state index in [-0.39, 0.29) is 0 Å². The Morgan fingerprint density at radius 3 is 1.40 bits per heavy atom. The number of nitrogens with zero attached hydrogens (tertiary/aromatic N) is 2. The minimum atomic E-state index is 0.895. The van der Waals surface area contributed by atoms with Crippen LogP contribution in [0.15, 0.2) is 73.1 Å². The lowest BCUT2D eigenvalue weighted by atomic mass is 10.2. The summed E-state index contributed by atoms with van der Waals surface area (Å²) in [5.41, 5.74) is 2.35. The topological polar surface area (TPSA) is 6.48 Å². The molecule has 104 valence electrons. The fraction of sp³-hybridized carbons (Fsp3) is 0.222. The highest BCUT2D eigenvalue weighted by molar-refractivity contribution is 5.59. The Labute approximate surface area is 122 Å². The molecule has 2 aromatic rings. The van der Waals surface area contributed by atoms with Crippen LogP contribution in [0.1, 0.15) is 13.8 Å². The highest BCUT2D eigenvalue weighted by Crippen LogP contribution is 2.24. The summed E-state index contributed by atoms with van der Waals surface area (Å²) in [5.74, 6) is 1.01. The van der Waals surface area contributed by atoms with Crippen LogP contribution in [0.2, 0.25) is 0 Å². The second-order valence-corrected chi connectivity index (χ2v) is 4.58. The maximum atomic E-state index is 4.30. The molecule has 2 rings (SSSR count). The standard InChI is InChI=1S/C18H22N2/c1-4-19(17-12-8-6-9-13-17)16(3)20(5-2)18-14-10-7-11-15-18/h6-15H,3-5H2,1-2H3. The lowest BCUT2D eigenvalue weighted by molar-refractivity contribution is 0.854. The molecule has 2 nitrogen and oxygen atoms in total. The first-order valence-electron chi connectivity index (χ1n) is 7.12. The predicted octanol–water partition coefficient (Wildman–Crippen LogP) is 4.51. The summed E-state index contributed by atoms with van der Waals surface area (Å²) in [6, 6.07) is 20.8. The minimum Gasteiger partial charge on any atom is -0.329 e. The molecule has 0 fully saturated rings. The molecule has 0 aliphatic carbocycles. The number of para-hydroxylation sites is 2. The smallest absolute Gasteiger partial charge is 0.105 e. The molecule has 0 saturated carbocycles. The summed E-state index contributed by atoms with van der Waals surface area (Å²) in [6.07, 6.45) is 0. The van der Waals surface area contributed by atoms with E-state index in [2.05, 4.69) is 78.8 Å². The molecule has 0 aliphatic rings. The van der Waals surface area contributed by atoms with Crippen molar-refractivity contribution in [1.82, 2.24) is 0 Å². The summed E-state index contributed by atoms with van der Waals surface area (Å²) in [4.78, 5) is 4.47. The third-order valence-corrected chi connectivity index (χ3v) is 3.39. The van der Waals surface area contributed by atoms with Crippen LogP contribution in [-0.2, 0) is 0 Å². The maximum absolute atomic E-state index is 4.30. The second-order valence-electron chi connectivity index (χ2n) is 4.58. The Balaban J connectivity index is 2.28. The van der Waals surface area contributed by atoms with Gasteiger partial charge >= 0.3 is 0 Å². The Morgan fingerprint density at radius 1 is 0.750 bits per heavy atom. The van der Waals surface area contributed by atoms with E-state index < -0.39 is 0 Å². The molecule has 0 unspecified atom stereocenters. The molecule has 0 radical (unpaired) electrons. The van der Waals surface area contributed by atoms with E-state index in [1.54, 1.807) is 0 Å². The largest absolute Gasteiger partial charge is 0.329 e. The molecule has 2 heteroatoms. The van der Waals surface area contributed by atoms with Crippen LogP contribution in [-0.4, -0.2) is 13.1 Å². The highest BCUT2D eigenvalue weighted by Gasteiger charge is 2.15. The lowest BCUT2D eigenvalue weighted by Crippen LogP contribution is -2.34. The number of rotatable bonds is 6. The number of hydrogen-bond donors (Lipinski definition) is 0. The van der Waals surface area contributed by atoms with Crippen LogP contribution in [0.4, 0.5) is 11.4 Å². The third kappa shape index (κ3) is 3.02. The van der Waals surface area contributed by atoms with Crippen molar-refractivity contribution < 1.29 is 0 Å². The molecule has 0 aliphatic heterocycles. The van der Waals surface area contributed by atoms with Crippen molar-refractivity contribution in [2.24, 2.45) is 0 Å². The first-order valence-corrected chi connectivity index (χ1v) is 7.12. The van der Waals surface area contributed by atoms with Crippen LogP contribution in [0.25, 0.3) is 0 Å². The Bertz CT molecular complexity index is 484. The maximum Gasteiger partial charge on any atom is 0.105 e. The Hall–Kier alpha value is -2.22. The fourth-order valence-corrected chi connectivity index (χ4v) is 2.39. The molecule has 2 aromatic carbocycles. The van der Waals surface area contributed by atoms with Crippen LogP contribution in [0.3, 0.4) is 0 Å². The zero-order valence-electron chi connectivity index (χ0n) is 12.3. The monoisotopic (exact) mass is 266 g/mol. The van der Waals surface area contributed by atoms with Gasteiger partial charge in [0.25, 0.3) is 0 Å². The zero-order chi connectivity index (χ0) is 14.4. The van der Waals surface area contributed by atoms with E-state index in [1.807, 2.05) is 12.1 Å². The molecular weight excluding hydrogens is 244 g/mol. The molecule has 20 heavy (non-hydrogen) atoms. The minimum absolute atomic E-state index is 0.895. The summed E-state index contributed by atoms with van der Waals surface area (Å²) < 4.78 is 0. The van der Waals surface area contributed by atoms with Gasteiger partial charge in [-0.15, -0.1) is 0 Å². The van der Waals surface area contributed by atoms with E-state index in [9.17, 15) is 0 Å². The van der Waals surface area contributed by atoms with E-state index in [4.69, 9.17) is 0 Å². The Morgan fingerprint density at radius 2 is 1.10 bits per heavy atom. The molecular formula is C18H22N2. The zero-order valence-corrected chi connectivity index (χ0v) is 12.3. The molecule has 0 saturated heterocycles. The number of benzene rings is 2. The molecule has 0 bridgehead atoms. The lowest BCUT2D eigenvalue weighted by Gasteiger charge is -2.34. The second kappa shape index (κ2) is 6.80. The molecule has 0 amide bonds. The van der Waals surface area contributed by atoms with Gasteiger partial charge in [0.05, 0.1) is 0 Å². The van der Waals surface area contributed by atoms with Gasteiger partial charge in [-0.05, 0) is 38.1 Å². The molecule has 0 atom stereocenters. The van der Waals surface area contributed by atoms with Gasteiger partial charge in [0.15, 0.2) is 0 Å². The van der Waals surface area contributed by atoms with Crippen molar-refractivity contribution in [3.63, 3.8) is 0 Å². The van der Waals surface area contributed by atoms with Crippen LogP contribution in [0.5, 0.6) is 0 Å². The average Bonchev–Trinajstić information content (AvgIpc) is 2.51. The molecule has 0 heterocycles. The molecule has 0 spiro atoms. The van der Waals surface area contributed by atoms with Crippen molar-refractivity contribution in [1.29, 1.82) is 0 Å². The summed E-state index contributed by atoms with van der Waals surface area (Å²) in [6.45, 7) is 10.4. The van der Waals surface area contributed by atoms with Crippen LogP contribution < -0.4 is 9.80 Å². The van der Waals surface area contributed by atoms with Crippen molar-refractivity contribution in [3.8, 4) is 0 Å². The van der Waals surface area contributed by atoms with Gasteiger partial charge in [0.2, 0.25) is 0 Å². The average molecular weight is 266 g/mol. The van der Waals surface area contributed by atoms with E-state index >= 15 is 0 Å². The van der Waals surface area contributed by atoms with E-state index in [0.717, 1.165) is 18.9 Å². The van der Waals surface area contributed by atoms with E-state index in [0.29, 0.717) is 0 Å². The SMILES string of the molecule is C=C(N(CC)c1ccccc1)N(CC)c1ccccc1. The van der Waals surface area contributed by atoms with E-state index in [1.165, 1.54) is 11.4 Å². The van der Waals surface area contributed by atoms with Crippen molar-refractivity contribution in [3.05, 3.63) is 73.1 Å². The number of anilines is 2.